The van der Waals surface area contributed by atoms with E-state index in [1.165, 1.54) is 6.92 Å². The molecule has 0 saturated carbocycles. The van der Waals surface area contributed by atoms with Gasteiger partial charge < -0.3 is 9.47 Å². The summed E-state index contributed by atoms with van der Waals surface area (Å²) in [5.41, 5.74) is 1.05. The number of ether oxygens (including phenoxy) is 2. The van der Waals surface area contributed by atoms with Gasteiger partial charge in [0.1, 0.15) is 6.61 Å². The van der Waals surface area contributed by atoms with Crippen LogP contribution in [0.1, 0.15) is 19.4 Å². The summed E-state index contributed by atoms with van der Waals surface area (Å²) >= 11 is 5.78. The van der Waals surface area contributed by atoms with Crippen molar-refractivity contribution in [2.45, 2.75) is 13.8 Å². The van der Waals surface area contributed by atoms with Gasteiger partial charge in [-0.3, -0.25) is 4.79 Å². The molecule has 1 rings (SSSR count). The summed E-state index contributed by atoms with van der Waals surface area (Å²) in [6.45, 7) is 3.14. The van der Waals surface area contributed by atoms with Gasteiger partial charge in [0.25, 0.3) is 0 Å². The Bertz CT molecular complexity index is 477. The van der Waals surface area contributed by atoms with E-state index in [0.717, 1.165) is 5.56 Å². The van der Waals surface area contributed by atoms with Crippen LogP contribution in [0.25, 0.3) is 6.08 Å². The number of carbonyl (C=O) groups excluding carboxylic acids is 2. The van der Waals surface area contributed by atoms with Crippen LogP contribution in [0.5, 0.6) is 0 Å². The highest BCUT2D eigenvalue weighted by Gasteiger charge is 2.12. The molecule has 19 heavy (non-hydrogen) atoms. The normalized spacial score (nSPS) is 11.0. The molecule has 0 aliphatic heterocycles. The SMILES string of the molecule is CCOC(=O)/C(=C\c1ccc(Cl)cc1)COC(C)=O. The smallest absolute Gasteiger partial charge is 0.337 e. The van der Waals surface area contributed by atoms with Crippen molar-refractivity contribution in [2.24, 2.45) is 0 Å². The zero-order chi connectivity index (χ0) is 14.3. The fourth-order valence-corrected chi connectivity index (χ4v) is 1.45. The van der Waals surface area contributed by atoms with Crippen LogP contribution < -0.4 is 0 Å². The van der Waals surface area contributed by atoms with E-state index < -0.39 is 11.9 Å². The largest absolute Gasteiger partial charge is 0.463 e. The Morgan fingerprint density at radius 2 is 1.84 bits per heavy atom. The van der Waals surface area contributed by atoms with E-state index in [1.54, 1.807) is 37.3 Å². The summed E-state index contributed by atoms with van der Waals surface area (Å²) in [4.78, 5) is 22.5. The number of hydrogen-bond acceptors (Lipinski definition) is 4. The maximum atomic E-state index is 11.7. The highest BCUT2D eigenvalue weighted by Crippen LogP contribution is 2.13. The minimum absolute atomic E-state index is 0.114. The molecule has 102 valence electrons. The Balaban J connectivity index is 2.90. The first-order valence-corrected chi connectivity index (χ1v) is 6.17. The first-order valence-electron chi connectivity index (χ1n) is 5.79. The van der Waals surface area contributed by atoms with E-state index in [-0.39, 0.29) is 18.8 Å². The van der Waals surface area contributed by atoms with E-state index in [2.05, 4.69) is 0 Å². The van der Waals surface area contributed by atoms with Crippen LogP contribution >= 0.6 is 11.6 Å². The summed E-state index contributed by atoms with van der Waals surface area (Å²) in [7, 11) is 0. The molecule has 0 atom stereocenters. The molecule has 0 radical (unpaired) electrons. The lowest BCUT2D eigenvalue weighted by molar-refractivity contribution is -0.142. The minimum Gasteiger partial charge on any atom is -0.463 e. The average Bonchev–Trinajstić information content (AvgIpc) is 2.36. The van der Waals surface area contributed by atoms with Crippen molar-refractivity contribution in [3.63, 3.8) is 0 Å². The average molecular weight is 283 g/mol. The van der Waals surface area contributed by atoms with E-state index in [4.69, 9.17) is 21.1 Å². The van der Waals surface area contributed by atoms with Crippen molar-refractivity contribution in [3.8, 4) is 0 Å². The van der Waals surface area contributed by atoms with Gasteiger partial charge in [-0.15, -0.1) is 0 Å². The van der Waals surface area contributed by atoms with Gasteiger partial charge >= 0.3 is 11.9 Å². The Labute approximate surface area is 117 Å². The molecule has 0 saturated heterocycles. The lowest BCUT2D eigenvalue weighted by Crippen LogP contribution is -2.14. The molecule has 0 unspecified atom stereocenters. The Hall–Kier alpha value is -1.81. The molecule has 1 aromatic rings. The zero-order valence-corrected chi connectivity index (χ0v) is 11.6. The molecule has 0 spiro atoms. The van der Waals surface area contributed by atoms with Crippen LogP contribution in [-0.2, 0) is 19.1 Å². The van der Waals surface area contributed by atoms with E-state index in [0.29, 0.717) is 5.02 Å². The summed E-state index contributed by atoms with van der Waals surface area (Å²) < 4.78 is 9.74. The molecule has 0 aliphatic carbocycles. The number of carbonyl (C=O) groups is 2. The molecular weight excluding hydrogens is 268 g/mol. The third kappa shape index (κ3) is 5.57. The lowest BCUT2D eigenvalue weighted by Gasteiger charge is -2.07. The maximum absolute atomic E-state index is 11.7. The number of rotatable bonds is 5. The van der Waals surface area contributed by atoms with Crippen LogP contribution in [0, 0.1) is 0 Å². The standard InChI is InChI=1S/C14H15ClO4/c1-3-18-14(17)12(9-19-10(2)16)8-11-4-6-13(15)7-5-11/h4-8H,3,9H2,1-2H3/b12-8-. The van der Waals surface area contributed by atoms with Gasteiger partial charge in [-0.1, -0.05) is 23.7 Å². The molecule has 1 aromatic carbocycles. The van der Waals surface area contributed by atoms with E-state index in [9.17, 15) is 9.59 Å². The van der Waals surface area contributed by atoms with Crippen LogP contribution in [0.4, 0.5) is 0 Å². The fourth-order valence-electron chi connectivity index (χ4n) is 1.32. The van der Waals surface area contributed by atoms with E-state index in [1.807, 2.05) is 0 Å². The van der Waals surface area contributed by atoms with Crippen molar-refractivity contribution in [2.75, 3.05) is 13.2 Å². The number of benzene rings is 1. The van der Waals surface area contributed by atoms with Gasteiger partial charge in [0.2, 0.25) is 0 Å². The molecule has 4 nitrogen and oxygen atoms in total. The van der Waals surface area contributed by atoms with Crippen molar-refractivity contribution in [1.82, 2.24) is 0 Å². The van der Waals surface area contributed by atoms with Crippen LogP contribution in [0.3, 0.4) is 0 Å². The fraction of sp³-hybridized carbons (Fsp3) is 0.286. The van der Waals surface area contributed by atoms with Crippen LogP contribution in [-0.4, -0.2) is 25.2 Å². The third-order valence-corrected chi connectivity index (χ3v) is 2.43. The maximum Gasteiger partial charge on any atom is 0.337 e. The van der Waals surface area contributed by atoms with Crippen molar-refractivity contribution >= 4 is 29.6 Å². The Morgan fingerprint density at radius 3 is 2.37 bits per heavy atom. The van der Waals surface area contributed by atoms with Gasteiger partial charge in [0.15, 0.2) is 0 Å². The summed E-state index contributed by atoms with van der Waals surface area (Å²) in [6.07, 6.45) is 1.61. The highest BCUT2D eigenvalue weighted by molar-refractivity contribution is 6.30. The van der Waals surface area contributed by atoms with Crippen molar-refractivity contribution < 1.29 is 19.1 Å². The Morgan fingerprint density at radius 1 is 1.21 bits per heavy atom. The molecule has 0 aromatic heterocycles. The number of halogens is 1. The lowest BCUT2D eigenvalue weighted by atomic mass is 10.1. The summed E-state index contributed by atoms with van der Waals surface area (Å²) in [5.74, 6) is -0.954. The predicted molar refractivity (Wildman–Crippen MR) is 72.7 cm³/mol. The molecule has 5 heteroatoms. The second-order valence-corrected chi connectivity index (χ2v) is 4.16. The number of esters is 2. The van der Waals surface area contributed by atoms with Gasteiger partial charge in [-0.25, -0.2) is 4.79 Å². The first-order chi connectivity index (χ1) is 9.02. The zero-order valence-electron chi connectivity index (χ0n) is 10.8. The molecular formula is C14H15ClO4. The number of hydrogen-bond donors (Lipinski definition) is 0. The van der Waals surface area contributed by atoms with Crippen LogP contribution in [0.15, 0.2) is 29.8 Å². The third-order valence-electron chi connectivity index (χ3n) is 2.18. The molecule has 0 amide bonds. The van der Waals surface area contributed by atoms with Gasteiger partial charge in [0, 0.05) is 11.9 Å². The molecule has 0 N–H and O–H groups in total. The second-order valence-electron chi connectivity index (χ2n) is 3.72. The first kappa shape index (κ1) is 15.2. The van der Waals surface area contributed by atoms with Gasteiger partial charge in [0.05, 0.1) is 12.2 Å². The van der Waals surface area contributed by atoms with E-state index >= 15 is 0 Å². The minimum atomic E-state index is -0.501. The quantitative estimate of drug-likeness (QED) is 0.615. The molecule has 0 heterocycles. The summed E-state index contributed by atoms with van der Waals surface area (Å²) in [5, 5.41) is 0.606. The predicted octanol–water partition coefficient (Wildman–Crippen LogP) is 2.85. The van der Waals surface area contributed by atoms with Crippen molar-refractivity contribution in [1.29, 1.82) is 0 Å². The molecule has 0 fully saturated rings. The van der Waals surface area contributed by atoms with Crippen molar-refractivity contribution in [3.05, 3.63) is 40.4 Å². The topological polar surface area (TPSA) is 52.6 Å². The Kier molecular flexibility index (Phi) is 6.09. The second kappa shape index (κ2) is 7.59. The van der Waals surface area contributed by atoms with Crippen LogP contribution in [0.2, 0.25) is 5.02 Å². The summed E-state index contributed by atoms with van der Waals surface area (Å²) in [6, 6.07) is 6.94. The van der Waals surface area contributed by atoms with Gasteiger partial charge in [-0.05, 0) is 30.7 Å². The van der Waals surface area contributed by atoms with Gasteiger partial charge in [-0.2, -0.15) is 0 Å². The monoisotopic (exact) mass is 282 g/mol. The highest BCUT2D eigenvalue weighted by atomic mass is 35.5. The molecule has 0 aliphatic rings. The molecule has 0 bridgehead atoms.